The van der Waals surface area contributed by atoms with Gasteiger partial charge in [0.05, 0.1) is 4.58 Å². The summed E-state index contributed by atoms with van der Waals surface area (Å²) in [5.74, 6) is 2.63. The summed E-state index contributed by atoms with van der Waals surface area (Å²) < 4.78 is 5.83. The summed E-state index contributed by atoms with van der Waals surface area (Å²) in [5, 5.41) is 0. The van der Waals surface area contributed by atoms with Gasteiger partial charge in [-0.05, 0) is 29.3 Å². The molecule has 22 heavy (non-hydrogen) atoms. The second-order valence-electron chi connectivity index (χ2n) is 4.81. The Morgan fingerprint density at radius 1 is 1.00 bits per heavy atom. The zero-order valence-corrected chi connectivity index (χ0v) is 13.6. The van der Waals surface area contributed by atoms with E-state index >= 15 is 0 Å². The van der Waals surface area contributed by atoms with Crippen LogP contribution in [0.25, 0.3) is 6.08 Å². The first-order valence-electron chi connectivity index (χ1n) is 7.09. The van der Waals surface area contributed by atoms with Crippen molar-refractivity contribution in [2.75, 3.05) is 11.5 Å². The maximum absolute atomic E-state index is 11.8. The lowest BCUT2D eigenvalue weighted by Crippen LogP contribution is -2.03. The Hall–Kier alpha value is -1.65. The van der Waals surface area contributed by atoms with Crippen molar-refractivity contribution in [3.8, 4) is 5.75 Å². The molecule has 0 unspecified atom stereocenters. The smallest absolute Gasteiger partial charge is 0.336 e. The molecule has 0 radical (unpaired) electrons. The van der Waals surface area contributed by atoms with Gasteiger partial charge in [0, 0.05) is 17.6 Å². The van der Waals surface area contributed by atoms with Gasteiger partial charge in [-0.3, -0.25) is 0 Å². The molecule has 0 aromatic heterocycles. The van der Waals surface area contributed by atoms with Crippen molar-refractivity contribution in [2.24, 2.45) is 0 Å². The van der Waals surface area contributed by atoms with Crippen LogP contribution in [0.5, 0.6) is 5.75 Å². The average molecular weight is 328 g/mol. The largest absolute Gasteiger partial charge is 0.423 e. The van der Waals surface area contributed by atoms with Gasteiger partial charge in [-0.1, -0.05) is 42.5 Å². The highest BCUT2D eigenvalue weighted by molar-refractivity contribution is 8.19. The van der Waals surface area contributed by atoms with E-state index in [0.717, 1.165) is 5.56 Å². The van der Waals surface area contributed by atoms with E-state index in [0.29, 0.717) is 10.3 Å². The highest BCUT2D eigenvalue weighted by Crippen LogP contribution is 2.45. The summed E-state index contributed by atoms with van der Waals surface area (Å²) >= 11 is 3.93. The Morgan fingerprint density at radius 3 is 2.36 bits per heavy atom. The molecule has 1 aliphatic rings. The van der Waals surface area contributed by atoms with Crippen LogP contribution in [0, 0.1) is 0 Å². The van der Waals surface area contributed by atoms with Gasteiger partial charge in [0.2, 0.25) is 0 Å². The highest BCUT2D eigenvalue weighted by Gasteiger charge is 2.18. The molecule has 0 aliphatic carbocycles. The zero-order chi connectivity index (χ0) is 15.2. The van der Waals surface area contributed by atoms with Gasteiger partial charge in [-0.25, -0.2) is 4.79 Å². The number of carbonyl (C=O) groups is 1. The number of carbonyl (C=O) groups excluding carboxylic acids is 1. The van der Waals surface area contributed by atoms with Crippen LogP contribution in [0.4, 0.5) is 0 Å². The summed E-state index contributed by atoms with van der Waals surface area (Å²) in [4.78, 5) is 11.8. The number of benzene rings is 2. The molecule has 112 valence electrons. The van der Waals surface area contributed by atoms with Crippen molar-refractivity contribution in [3.05, 3.63) is 71.8 Å². The minimum absolute atomic E-state index is 0.360. The number of esters is 1. The Bertz CT molecular complexity index is 645. The number of ether oxygens (including phenoxy) is 1. The summed E-state index contributed by atoms with van der Waals surface area (Å²) in [6, 6.07) is 17.5. The molecule has 0 spiro atoms. The molecule has 0 bridgehead atoms. The summed E-state index contributed by atoms with van der Waals surface area (Å²) in [5.41, 5.74) is 2.26. The molecule has 4 heteroatoms. The lowest BCUT2D eigenvalue weighted by molar-refractivity contribution is -0.128. The van der Waals surface area contributed by atoms with Gasteiger partial charge in [0.25, 0.3) is 0 Å². The van der Waals surface area contributed by atoms with Crippen molar-refractivity contribution in [1.29, 1.82) is 0 Å². The summed E-state index contributed by atoms with van der Waals surface area (Å²) in [6.07, 6.45) is 3.20. The SMILES string of the molecule is O=C(/C=C\c1ccccc1)Oc1ccc(C2SCCS2)cc1. The fourth-order valence-electron chi connectivity index (χ4n) is 2.12. The van der Waals surface area contributed by atoms with Gasteiger partial charge < -0.3 is 4.74 Å². The van der Waals surface area contributed by atoms with E-state index in [2.05, 4.69) is 0 Å². The molecule has 1 saturated heterocycles. The predicted molar refractivity (Wildman–Crippen MR) is 95.2 cm³/mol. The monoisotopic (exact) mass is 328 g/mol. The van der Waals surface area contributed by atoms with E-state index in [4.69, 9.17) is 4.74 Å². The molecule has 1 heterocycles. The Balaban J connectivity index is 1.58. The lowest BCUT2D eigenvalue weighted by Gasteiger charge is -2.08. The lowest BCUT2D eigenvalue weighted by atomic mass is 10.2. The van der Waals surface area contributed by atoms with E-state index < -0.39 is 0 Å². The Morgan fingerprint density at radius 2 is 1.68 bits per heavy atom. The summed E-state index contributed by atoms with van der Waals surface area (Å²) in [6.45, 7) is 0. The molecular weight excluding hydrogens is 312 g/mol. The third-order valence-corrected chi connectivity index (χ3v) is 6.31. The number of thioether (sulfide) groups is 2. The van der Waals surface area contributed by atoms with Crippen molar-refractivity contribution in [1.82, 2.24) is 0 Å². The van der Waals surface area contributed by atoms with Crippen molar-refractivity contribution in [3.63, 3.8) is 0 Å². The molecule has 0 N–H and O–H groups in total. The minimum atomic E-state index is -0.360. The maximum atomic E-state index is 11.8. The summed E-state index contributed by atoms with van der Waals surface area (Å²) in [7, 11) is 0. The Kier molecular flexibility index (Phi) is 5.24. The van der Waals surface area contributed by atoms with Crippen LogP contribution in [0.15, 0.2) is 60.7 Å². The van der Waals surface area contributed by atoms with Crippen molar-refractivity contribution < 1.29 is 9.53 Å². The first-order valence-corrected chi connectivity index (χ1v) is 9.19. The van der Waals surface area contributed by atoms with Crippen molar-refractivity contribution >= 4 is 35.6 Å². The van der Waals surface area contributed by atoms with Gasteiger partial charge in [-0.2, -0.15) is 0 Å². The van der Waals surface area contributed by atoms with Crippen LogP contribution in [0.2, 0.25) is 0 Å². The molecule has 2 aromatic carbocycles. The van der Waals surface area contributed by atoms with Crippen molar-refractivity contribution in [2.45, 2.75) is 4.58 Å². The number of rotatable bonds is 4. The molecule has 2 nitrogen and oxygen atoms in total. The highest BCUT2D eigenvalue weighted by atomic mass is 32.2. The maximum Gasteiger partial charge on any atom is 0.336 e. The first-order chi connectivity index (χ1) is 10.8. The van der Waals surface area contributed by atoms with Crippen LogP contribution in [-0.2, 0) is 4.79 Å². The topological polar surface area (TPSA) is 26.3 Å². The molecular formula is C18H16O2S2. The van der Waals surface area contributed by atoms with Gasteiger partial charge in [-0.15, -0.1) is 23.5 Å². The van der Waals surface area contributed by atoms with Gasteiger partial charge >= 0.3 is 5.97 Å². The fraction of sp³-hybridized carbons (Fsp3) is 0.167. The number of hydrogen-bond donors (Lipinski definition) is 0. The van der Waals surface area contributed by atoms with Gasteiger partial charge in [0.15, 0.2) is 0 Å². The molecule has 1 fully saturated rings. The molecule has 0 atom stereocenters. The molecule has 0 saturated carbocycles. The van der Waals surface area contributed by atoms with Crippen LogP contribution in [0.1, 0.15) is 15.7 Å². The van der Waals surface area contributed by atoms with Crippen LogP contribution < -0.4 is 4.74 Å². The van der Waals surface area contributed by atoms with Gasteiger partial charge in [0.1, 0.15) is 5.75 Å². The third kappa shape index (κ3) is 4.18. The average Bonchev–Trinajstić information content (AvgIpc) is 3.09. The van der Waals surface area contributed by atoms with E-state index in [1.807, 2.05) is 78.1 Å². The normalized spacial score (nSPS) is 15.3. The quantitative estimate of drug-likeness (QED) is 0.458. The van der Waals surface area contributed by atoms with E-state index in [1.165, 1.54) is 23.1 Å². The van der Waals surface area contributed by atoms with E-state index in [1.54, 1.807) is 6.08 Å². The minimum Gasteiger partial charge on any atom is -0.423 e. The van der Waals surface area contributed by atoms with Crippen LogP contribution in [-0.4, -0.2) is 17.5 Å². The number of hydrogen-bond acceptors (Lipinski definition) is 4. The zero-order valence-electron chi connectivity index (χ0n) is 12.0. The molecule has 1 aliphatic heterocycles. The van der Waals surface area contributed by atoms with E-state index in [9.17, 15) is 4.79 Å². The fourth-order valence-corrected chi connectivity index (χ4v) is 4.98. The van der Waals surface area contributed by atoms with Crippen LogP contribution >= 0.6 is 23.5 Å². The van der Waals surface area contributed by atoms with Crippen LogP contribution in [0.3, 0.4) is 0 Å². The standard InChI is InChI=1S/C18H16O2S2/c19-17(11-6-14-4-2-1-3-5-14)20-16-9-7-15(8-10-16)18-21-12-13-22-18/h1-11,18H,12-13H2/b11-6-. The third-order valence-electron chi connectivity index (χ3n) is 3.20. The predicted octanol–water partition coefficient (Wildman–Crippen LogP) is 4.78. The second-order valence-corrected chi connectivity index (χ2v) is 7.53. The molecule has 3 rings (SSSR count). The Labute approximate surface area is 139 Å². The first kappa shape index (κ1) is 15.3. The van der Waals surface area contributed by atoms with E-state index in [-0.39, 0.29) is 5.97 Å². The molecule has 0 amide bonds. The molecule has 2 aromatic rings. The second kappa shape index (κ2) is 7.56.